The molecule has 4 nitrogen and oxygen atoms in total. The molecule has 0 radical (unpaired) electrons. The van der Waals surface area contributed by atoms with E-state index in [0.29, 0.717) is 5.56 Å². The van der Waals surface area contributed by atoms with E-state index in [1.807, 2.05) is 84.9 Å². The lowest BCUT2D eigenvalue weighted by atomic mass is 10.0. The summed E-state index contributed by atoms with van der Waals surface area (Å²) in [6, 6.07) is 27.5. The highest BCUT2D eigenvalue weighted by Crippen LogP contribution is 2.20. The number of Topliss-reactive ketones (excluding diaryl/α,β-unsaturated/α-hetero) is 1. The van der Waals surface area contributed by atoms with Crippen LogP contribution in [0.4, 0.5) is 0 Å². The highest BCUT2D eigenvalue weighted by atomic mass is 16.2. The molecule has 0 aliphatic rings. The van der Waals surface area contributed by atoms with Crippen LogP contribution in [0.15, 0.2) is 84.9 Å². The summed E-state index contributed by atoms with van der Waals surface area (Å²) in [5.41, 5.74) is 3.90. The third-order valence-electron chi connectivity index (χ3n) is 5.04. The van der Waals surface area contributed by atoms with E-state index >= 15 is 0 Å². The molecule has 154 valence electrons. The zero-order valence-corrected chi connectivity index (χ0v) is 17.6. The lowest BCUT2D eigenvalue weighted by Crippen LogP contribution is -3.06. The van der Waals surface area contributed by atoms with Crippen molar-refractivity contribution in [2.24, 2.45) is 0 Å². The van der Waals surface area contributed by atoms with Crippen molar-refractivity contribution in [1.82, 2.24) is 5.32 Å². The van der Waals surface area contributed by atoms with E-state index in [1.54, 1.807) is 0 Å². The monoisotopic (exact) mass is 401 g/mol. The first-order valence-corrected chi connectivity index (χ1v) is 10.3. The number of rotatable bonds is 9. The number of amides is 1. The largest absolute Gasteiger partial charge is 0.344 e. The minimum absolute atomic E-state index is 0.0146. The predicted molar refractivity (Wildman–Crippen MR) is 120 cm³/mol. The molecule has 3 rings (SSSR count). The standard InChI is InChI=1S/C26H28N2O2/c1-28(2)19-24(22-11-7-4-8-12-22)27-26(30)18-17-25(29)23-15-13-21(14-16-23)20-9-5-3-6-10-20/h3-16,24H,17-19H2,1-2H3,(H,27,30)/p+1/t24-/m1/s1. The van der Waals surface area contributed by atoms with Crippen LogP contribution in [-0.4, -0.2) is 32.3 Å². The molecular weight excluding hydrogens is 372 g/mol. The summed E-state index contributed by atoms with van der Waals surface area (Å²) in [6.07, 6.45) is 0.387. The molecule has 0 spiro atoms. The SMILES string of the molecule is C[NH+](C)C[C@@H](NC(=O)CCC(=O)c1ccc(-c2ccccc2)cc1)c1ccccc1. The van der Waals surface area contributed by atoms with Crippen LogP contribution in [0.1, 0.15) is 34.8 Å². The number of nitrogens with one attached hydrogen (secondary N) is 2. The van der Waals surface area contributed by atoms with Crippen molar-refractivity contribution in [1.29, 1.82) is 0 Å². The quantitative estimate of drug-likeness (QED) is 0.541. The molecule has 4 heteroatoms. The van der Waals surface area contributed by atoms with Gasteiger partial charge in [0.15, 0.2) is 5.78 Å². The topological polar surface area (TPSA) is 50.6 Å². The first kappa shape index (κ1) is 21.5. The van der Waals surface area contributed by atoms with E-state index in [1.165, 1.54) is 4.90 Å². The first-order chi connectivity index (χ1) is 14.5. The third kappa shape index (κ3) is 6.13. The fourth-order valence-electron chi connectivity index (χ4n) is 3.46. The maximum atomic E-state index is 12.5. The van der Waals surface area contributed by atoms with Crippen LogP contribution in [0.25, 0.3) is 11.1 Å². The van der Waals surface area contributed by atoms with Crippen LogP contribution in [0.3, 0.4) is 0 Å². The second kappa shape index (κ2) is 10.5. The van der Waals surface area contributed by atoms with Crippen molar-refractivity contribution in [3.05, 3.63) is 96.1 Å². The Morgan fingerprint density at radius 3 is 1.93 bits per heavy atom. The normalized spacial score (nSPS) is 11.8. The Morgan fingerprint density at radius 1 is 0.767 bits per heavy atom. The molecule has 0 unspecified atom stereocenters. The molecule has 0 heterocycles. The molecule has 3 aromatic carbocycles. The van der Waals surface area contributed by atoms with Crippen molar-refractivity contribution in [3.8, 4) is 11.1 Å². The molecule has 2 N–H and O–H groups in total. The van der Waals surface area contributed by atoms with Crippen molar-refractivity contribution < 1.29 is 14.5 Å². The molecule has 1 atom stereocenters. The van der Waals surface area contributed by atoms with E-state index in [2.05, 4.69) is 19.4 Å². The Kier molecular flexibility index (Phi) is 7.52. The minimum atomic E-state index is -0.0978. The van der Waals surface area contributed by atoms with Gasteiger partial charge < -0.3 is 10.2 Å². The van der Waals surface area contributed by atoms with E-state index < -0.39 is 0 Å². The lowest BCUT2D eigenvalue weighted by molar-refractivity contribution is -0.860. The fourth-order valence-corrected chi connectivity index (χ4v) is 3.46. The van der Waals surface area contributed by atoms with Gasteiger partial charge in [-0.25, -0.2) is 0 Å². The molecule has 1 amide bonds. The maximum Gasteiger partial charge on any atom is 0.221 e. The Morgan fingerprint density at radius 2 is 1.33 bits per heavy atom. The highest BCUT2D eigenvalue weighted by Gasteiger charge is 2.18. The number of quaternary nitrogens is 1. The van der Waals surface area contributed by atoms with E-state index in [9.17, 15) is 9.59 Å². The third-order valence-corrected chi connectivity index (χ3v) is 5.04. The molecule has 0 fully saturated rings. The molecule has 0 aliphatic carbocycles. The summed E-state index contributed by atoms with van der Waals surface area (Å²) in [4.78, 5) is 26.3. The van der Waals surface area contributed by atoms with Crippen LogP contribution in [-0.2, 0) is 4.79 Å². The molecule has 0 aromatic heterocycles. The second-order valence-electron chi connectivity index (χ2n) is 7.81. The zero-order chi connectivity index (χ0) is 21.3. The minimum Gasteiger partial charge on any atom is -0.344 e. The Balaban J connectivity index is 1.56. The van der Waals surface area contributed by atoms with Gasteiger partial charge in [0.1, 0.15) is 12.6 Å². The summed E-state index contributed by atoms with van der Waals surface area (Å²) < 4.78 is 0. The van der Waals surface area contributed by atoms with E-state index in [0.717, 1.165) is 23.2 Å². The van der Waals surface area contributed by atoms with Gasteiger partial charge in [-0.15, -0.1) is 0 Å². The van der Waals surface area contributed by atoms with E-state index in [4.69, 9.17) is 0 Å². The van der Waals surface area contributed by atoms with E-state index in [-0.39, 0.29) is 30.6 Å². The highest BCUT2D eigenvalue weighted by molar-refractivity contribution is 5.98. The number of carbonyl (C=O) groups excluding carboxylic acids is 2. The summed E-state index contributed by atoms with van der Waals surface area (Å²) in [5, 5.41) is 3.09. The van der Waals surface area contributed by atoms with Gasteiger partial charge in [-0.1, -0.05) is 84.9 Å². The van der Waals surface area contributed by atoms with Crippen LogP contribution in [0.5, 0.6) is 0 Å². The molecule has 3 aromatic rings. The van der Waals surface area contributed by atoms with Gasteiger partial charge in [-0.05, 0) is 16.7 Å². The van der Waals surface area contributed by atoms with Crippen molar-refractivity contribution in [2.45, 2.75) is 18.9 Å². The van der Waals surface area contributed by atoms with Crippen molar-refractivity contribution >= 4 is 11.7 Å². The molecular formula is C26H29N2O2+. The number of benzene rings is 3. The number of hydrogen-bond acceptors (Lipinski definition) is 2. The van der Waals surface area contributed by atoms with Crippen LogP contribution in [0.2, 0.25) is 0 Å². The van der Waals surface area contributed by atoms with Gasteiger partial charge in [-0.2, -0.15) is 0 Å². The first-order valence-electron chi connectivity index (χ1n) is 10.3. The number of ketones is 1. The molecule has 0 aliphatic heterocycles. The van der Waals surface area contributed by atoms with Gasteiger partial charge in [0.25, 0.3) is 0 Å². The van der Waals surface area contributed by atoms with Crippen molar-refractivity contribution in [3.63, 3.8) is 0 Å². The predicted octanol–water partition coefficient (Wildman–Crippen LogP) is 3.32. The van der Waals surface area contributed by atoms with Crippen LogP contribution < -0.4 is 10.2 Å². The Labute approximate surface area is 178 Å². The van der Waals surface area contributed by atoms with Gasteiger partial charge >= 0.3 is 0 Å². The maximum absolute atomic E-state index is 12.5. The average molecular weight is 402 g/mol. The molecule has 30 heavy (non-hydrogen) atoms. The number of carbonyl (C=O) groups is 2. The smallest absolute Gasteiger partial charge is 0.221 e. The second-order valence-corrected chi connectivity index (χ2v) is 7.81. The number of likely N-dealkylation sites (N-methyl/N-ethyl adjacent to an activating group) is 1. The van der Waals surface area contributed by atoms with Crippen LogP contribution >= 0.6 is 0 Å². The Bertz CT molecular complexity index is 951. The molecule has 0 saturated heterocycles. The molecule has 0 saturated carbocycles. The van der Waals surface area contributed by atoms with Gasteiger partial charge in [0.05, 0.1) is 14.1 Å². The lowest BCUT2D eigenvalue weighted by Gasteiger charge is -2.20. The van der Waals surface area contributed by atoms with Crippen molar-refractivity contribution in [2.75, 3.05) is 20.6 Å². The van der Waals surface area contributed by atoms with Crippen LogP contribution in [0, 0.1) is 0 Å². The summed E-state index contributed by atoms with van der Waals surface area (Å²) >= 11 is 0. The van der Waals surface area contributed by atoms with Gasteiger partial charge in [0, 0.05) is 18.4 Å². The number of hydrogen-bond donors (Lipinski definition) is 2. The summed E-state index contributed by atoms with van der Waals surface area (Å²) in [5.74, 6) is -0.112. The summed E-state index contributed by atoms with van der Waals surface area (Å²) in [6.45, 7) is 0.782. The average Bonchev–Trinajstić information content (AvgIpc) is 2.78. The molecule has 0 bridgehead atoms. The van der Waals surface area contributed by atoms with Gasteiger partial charge in [0.2, 0.25) is 5.91 Å². The Hall–Kier alpha value is -3.24. The van der Waals surface area contributed by atoms with Gasteiger partial charge in [-0.3, -0.25) is 9.59 Å². The fraction of sp³-hybridized carbons (Fsp3) is 0.231. The summed E-state index contributed by atoms with van der Waals surface area (Å²) in [7, 11) is 4.12. The zero-order valence-electron chi connectivity index (χ0n) is 17.6.